The Balaban J connectivity index is 2.50. The number of hydrogen-bond acceptors (Lipinski definition) is 2. The summed E-state index contributed by atoms with van der Waals surface area (Å²) in [4.78, 5) is 0. The largest absolute Gasteiger partial charge is 0.398 e. The van der Waals surface area contributed by atoms with Gasteiger partial charge in [-0.2, -0.15) is 0 Å². The fraction of sp³-hybridized carbons (Fsp3) is 0.0769. The van der Waals surface area contributed by atoms with Crippen LogP contribution >= 0.6 is 11.6 Å². The van der Waals surface area contributed by atoms with Crippen LogP contribution < -0.4 is 5.73 Å². The highest BCUT2D eigenvalue weighted by molar-refractivity contribution is 6.31. The quantitative estimate of drug-likeness (QED) is 0.822. The van der Waals surface area contributed by atoms with E-state index in [0.717, 1.165) is 12.1 Å². The van der Waals surface area contributed by atoms with Gasteiger partial charge < -0.3 is 10.8 Å². The summed E-state index contributed by atoms with van der Waals surface area (Å²) in [6, 6.07) is 7.21. The van der Waals surface area contributed by atoms with Crippen molar-refractivity contribution in [3.63, 3.8) is 0 Å². The minimum absolute atomic E-state index is 0.147. The third-order valence-corrected chi connectivity index (χ3v) is 2.94. The van der Waals surface area contributed by atoms with Crippen LogP contribution in [-0.2, 0) is 0 Å². The van der Waals surface area contributed by atoms with E-state index >= 15 is 0 Å². The molecule has 0 radical (unpaired) electrons. The molecular weight excluding hydrogens is 260 g/mol. The van der Waals surface area contributed by atoms with Gasteiger partial charge in [-0.15, -0.1) is 0 Å². The first-order valence-electron chi connectivity index (χ1n) is 5.17. The summed E-state index contributed by atoms with van der Waals surface area (Å²) in [5.74, 6) is -1.07. The lowest BCUT2D eigenvalue weighted by atomic mass is 10.00. The Hall–Kier alpha value is -1.65. The molecule has 0 aliphatic rings. The molecule has 18 heavy (non-hydrogen) atoms. The lowest BCUT2D eigenvalue weighted by molar-refractivity contribution is 0.220. The molecule has 5 heteroatoms. The van der Waals surface area contributed by atoms with Crippen molar-refractivity contribution >= 4 is 17.3 Å². The molecule has 0 saturated heterocycles. The van der Waals surface area contributed by atoms with Crippen LogP contribution in [-0.4, -0.2) is 5.11 Å². The number of benzene rings is 2. The number of nitrogen functional groups attached to an aromatic ring is 1. The Morgan fingerprint density at radius 1 is 1.00 bits per heavy atom. The van der Waals surface area contributed by atoms with Crippen molar-refractivity contribution in [2.45, 2.75) is 6.10 Å². The fourth-order valence-corrected chi connectivity index (χ4v) is 1.89. The molecule has 0 aliphatic heterocycles. The van der Waals surface area contributed by atoms with E-state index in [1.807, 2.05) is 0 Å². The smallest absolute Gasteiger partial charge is 0.123 e. The van der Waals surface area contributed by atoms with Gasteiger partial charge in [0, 0.05) is 21.8 Å². The molecule has 2 nitrogen and oxygen atoms in total. The van der Waals surface area contributed by atoms with E-state index in [0.29, 0.717) is 0 Å². The molecule has 0 aromatic heterocycles. The molecule has 2 aromatic carbocycles. The van der Waals surface area contributed by atoms with Gasteiger partial charge in [0.25, 0.3) is 0 Å². The van der Waals surface area contributed by atoms with E-state index in [-0.39, 0.29) is 21.8 Å². The molecule has 0 saturated carbocycles. The second-order valence-electron chi connectivity index (χ2n) is 3.84. The Bertz CT molecular complexity index is 538. The summed E-state index contributed by atoms with van der Waals surface area (Å²) < 4.78 is 26.3. The first-order chi connectivity index (χ1) is 8.49. The molecule has 0 spiro atoms. The van der Waals surface area contributed by atoms with Crippen molar-refractivity contribution in [2.75, 3.05) is 5.73 Å². The average Bonchev–Trinajstić information content (AvgIpc) is 2.34. The minimum atomic E-state index is -1.27. The van der Waals surface area contributed by atoms with Crippen LogP contribution in [0.3, 0.4) is 0 Å². The van der Waals surface area contributed by atoms with Gasteiger partial charge in [-0.3, -0.25) is 0 Å². The molecule has 3 N–H and O–H groups in total. The molecular formula is C13H10ClF2NO. The number of rotatable bonds is 2. The summed E-state index contributed by atoms with van der Waals surface area (Å²) >= 11 is 5.87. The van der Waals surface area contributed by atoms with Crippen LogP contribution in [0.5, 0.6) is 0 Å². The highest BCUT2D eigenvalue weighted by Gasteiger charge is 2.17. The highest BCUT2D eigenvalue weighted by Crippen LogP contribution is 2.32. The van der Waals surface area contributed by atoms with E-state index in [4.69, 9.17) is 17.3 Å². The molecule has 0 heterocycles. The number of aliphatic hydroxyl groups is 1. The van der Waals surface area contributed by atoms with Crippen LogP contribution in [0.15, 0.2) is 36.4 Å². The van der Waals surface area contributed by atoms with Crippen molar-refractivity contribution < 1.29 is 13.9 Å². The summed E-state index contributed by atoms with van der Waals surface area (Å²) in [7, 11) is 0. The predicted octanol–water partition coefficient (Wildman–Crippen LogP) is 3.28. The van der Waals surface area contributed by atoms with Crippen LogP contribution in [0, 0.1) is 11.6 Å². The fourth-order valence-electron chi connectivity index (χ4n) is 1.67. The van der Waals surface area contributed by atoms with E-state index in [2.05, 4.69) is 0 Å². The molecule has 0 fully saturated rings. The lowest BCUT2D eigenvalue weighted by Gasteiger charge is -2.15. The SMILES string of the molecule is Nc1ccc(F)cc1C(O)c1cc(F)ccc1Cl. The number of anilines is 1. The maximum absolute atomic E-state index is 13.1. The van der Waals surface area contributed by atoms with Gasteiger partial charge >= 0.3 is 0 Å². The molecule has 0 aliphatic carbocycles. The van der Waals surface area contributed by atoms with E-state index in [9.17, 15) is 13.9 Å². The van der Waals surface area contributed by atoms with Crippen LogP contribution in [0.2, 0.25) is 5.02 Å². The zero-order chi connectivity index (χ0) is 13.3. The zero-order valence-corrected chi connectivity index (χ0v) is 9.96. The Kier molecular flexibility index (Phi) is 3.50. The second-order valence-corrected chi connectivity index (χ2v) is 4.25. The minimum Gasteiger partial charge on any atom is -0.398 e. The van der Waals surface area contributed by atoms with Gasteiger partial charge in [0.05, 0.1) is 0 Å². The lowest BCUT2D eigenvalue weighted by Crippen LogP contribution is -2.05. The number of aliphatic hydroxyl groups excluding tert-OH is 1. The van der Waals surface area contributed by atoms with Gasteiger partial charge in [0.1, 0.15) is 17.7 Å². The highest BCUT2D eigenvalue weighted by atomic mass is 35.5. The molecule has 1 atom stereocenters. The Morgan fingerprint density at radius 3 is 2.22 bits per heavy atom. The van der Waals surface area contributed by atoms with Gasteiger partial charge in [-0.25, -0.2) is 8.78 Å². The van der Waals surface area contributed by atoms with Gasteiger partial charge in [-0.1, -0.05) is 11.6 Å². The summed E-state index contributed by atoms with van der Waals surface area (Å²) in [6.45, 7) is 0. The van der Waals surface area contributed by atoms with Crippen LogP contribution in [0.4, 0.5) is 14.5 Å². The molecule has 94 valence electrons. The Labute approximate surface area is 108 Å². The van der Waals surface area contributed by atoms with Crippen LogP contribution in [0.25, 0.3) is 0 Å². The first-order valence-corrected chi connectivity index (χ1v) is 5.55. The topological polar surface area (TPSA) is 46.2 Å². The van der Waals surface area contributed by atoms with Crippen molar-refractivity contribution in [1.29, 1.82) is 0 Å². The monoisotopic (exact) mass is 269 g/mol. The maximum Gasteiger partial charge on any atom is 0.123 e. The standard InChI is InChI=1S/C13H10ClF2NO/c14-11-3-1-7(15)5-9(11)13(18)10-6-8(16)2-4-12(10)17/h1-6,13,18H,17H2. The van der Waals surface area contributed by atoms with Crippen molar-refractivity contribution in [2.24, 2.45) is 0 Å². The second kappa shape index (κ2) is 4.92. The van der Waals surface area contributed by atoms with Gasteiger partial charge in [0.2, 0.25) is 0 Å². The van der Waals surface area contributed by atoms with E-state index in [1.165, 1.54) is 24.3 Å². The first kappa shape index (κ1) is 12.8. The third-order valence-electron chi connectivity index (χ3n) is 2.60. The van der Waals surface area contributed by atoms with E-state index in [1.54, 1.807) is 0 Å². The van der Waals surface area contributed by atoms with Crippen LogP contribution in [0.1, 0.15) is 17.2 Å². The number of nitrogens with two attached hydrogens (primary N) is 1. The van der Waals surface area contributed by atoms with Crippen molar-refractivity contribution in [1.82, 2.24) is 0 Å². The van der Waals surface area contributed by atoms with Gasteiger partial charge in [-0.05, 0) is 36.4 Å². The zero-order valence-electron chi connectivity index (χ0n) is 9.20. The molecule has 1 unspecified atom stereocenters. The maximum atomic E-state index is 13.1. The molecule has 0 amide bonds. The molecule has 2 rings (SSSR count). The summed E-state index contributed by atoms with van der Waals surface area (Å²) in [5, 5.41) is 10.3. The Morgan fingerprint density at radius 2 is 1.56 bits per heavy atom. The summed E-state index contributed by atoms with van der Waals surface area (Å²) in [5.41, 5.74) is 6.17. The third kappa shape index (κ3) is 2.44. The summed E-state index contributed by atoms with van der Waals surface area (Å²) in [6.07, 6.45) is -1.27. The van der Waals surface area contributed by atoms with Crippen molar-refractivity contribution in [3.8, 4) is 0 Å². The van der Waals surface area contributed by atoms with Gasteiger partial charge in [0.15, 0.2) is 0 Å². The normalized spacial score (nSPS) is 12.4. The average molecular weight is 270 g/mol. The van der Waals surface area contributed by atoms with Crippen molar-refractivity contribution in [3.05, 3.63) is 64.2 Å². The number of hydrogen-bond donors (Lipinski definition) is 2. The molecule has 2 aromatic rings. The van der Waals surface area contributed by atoms with E-state index < -0.39 is 17.7 Å². The number of halogens is 3. The predicted molar refractivity (Wildman–Crippen MR) is 66.3 cm³/mol. The molecule has 0 bridgehead atoms.